The molecular weight excluding hydrogens is 352 g/mol. The van der Waals surface area contributed by atoms with Crippen LogP contribution in [0.5, 0.6) is 5.75 Å². The summed E-state index contributed by atoms with van der Waals surface area (Å²) < 4.78 is 7.45. The van der Waals surface area contributed by atoms with Gasteiger partial charge in [-0.2, -0.15) is 5.10 Å². The van der Waals surface area contributed by atoms with E-state index in [2.05, 4.69) is 24.3 Å². The van der Waals surface area contributed by atoms with Crippen molar-refractivity contribution in [2.75, 3.05) is 20.2 Å². The van der Waals surface area contributed by atoms with Gasteiger partial charge in [-0.25, -0.2) is 9.50 Å². The van der Waals surface area contributed by atoms with Crippen molar-refractivity contribution >= 4 is 17.2 Å². The first-order valence-electron chi connectivity index (χ1n) is 8.58. The summed E-state index contributed by atoms with van der Waals surface area (Å²) >= 11 is 6.26. The lowest BCUT2D eigenvalue weighted by atomic mass is 10.1. The van der Waals surface area contributed by atoms with E-state index in [0.717, 1.165) is 22.5 Å². The van der Waals surface area contributed by atoms with Crippen molar-refractivity contribution in [3.63, 3.8) is 0 Å². The molecule has 2 aromatic heterocycles. The van der Waals surface area contributed by atoms with Gasteiger partial charge in [0.25, 0.3) is 0 Å². The van der Waals surface area contributed by atoms with Gasteiger partial charge in [-0.05, 0) is 37.2 Å². The topological polar surface area (TPSA) is 71.7 Å². The Kier molecular flexibility index (Phi) is 5.76. The van der Waals surface area contributed by atoms with Gasteiger partial charge in [0.1, 0.15) is 18.5 Å². The van der Waals surface area contributed by atoms with Crippen LogP contribution in [0, 0.1) is 0 Å². The van der Waals surface area contributed by atoms with E-state index in [1.54, 1.807) is 17.6 Å². The average Bonchev–Trinajstić information content (AvgIpc) is 3.03. The van der Waals surface area contributed by atoms with Crippen LogP contribution in [0.3, 0.4) is 0 Å². The van der Waals surface area contributed by atoms with Gasteiger partial charge in [0, 0.05) is 28.9 Å². The van der Waals surface area contributed by atoms with Crippen molar-refractivity contribution in [1.82, 2.24) is 19.9 Å². The quantitative estimate of drug-likeness (QED) is 0.664. The predicted molar refractivity (Wildman–Crippen MR) is 103 cm³/mol. The van der Waals surface area contributed by atoms with Crippen molar-refractivity contribution in [2.24, 2.45) is 0 Å². The highest BCUT2D eigenvalue weighted by atomic mass is 35.5. The van der Waals surface area contributed by atoms with Crippen LogP contribution in [0.1, 0.15) is 25.3 Å². The van der Waals surface area contributed by atoms with Gasteiger partial charge >= 0.3 is 0 Å². The fourth-order valence-electron chi connectivity index (χ4n) is 2.74. The zero-order valence-corrected chi connectivity index (χ0v) is 15.9. The fraction of sp³-hybridized carbons (Fsp3) is 0.368. The molecule has 0 saturated heterocycles. The predicted octanol–water partition coefficient (Wildman–Crippen LogP) is 3.13. The Morgan fingerprint density at radius 1 is 1.31 bits per heavy atom. The van der Waals surface area contributed by atoms with Gasteiger partial charge in [0.05, 0.1) is 11.9 Å². The van der Waals surface area contributed by atoms with E-state index >= 15 is 0 Å². The van der Waals surface area contributed by atoms with Crippen LogP contribution >= 0.6 is 11.6 Å². The minimum Gasteiger partial charge on any atom is -0.491 e. The number of nitrogens with one attached hydrogen (secondary N) is 1. The van der Waals surface area contributed by atoms with Gasteiger partial charge < -0.3 is 15.2 Å². The van der Waals surface area contributed by atoms with Gasteiger partial charge in [-0.3, -0.25) is 0 Å². The number of nitrogens with zero attached hydrogens (tertiary/aromatic N) is 3. The minimum atomic E-state index is -0.586. The maximum absolute atomic E-state index is 9.80. The highest BCUT2D eigenvalue weighted by Gasteiger charge is 2.12. The molecule has 0 saturated carbocycles. The zero-order valence-electron chi connectivity index (χ0n) is 15.1. The first-order chi connectivity index (χ1) is 12.5. The van der Waals surface area contributed by atoms with Crippen molar-refractivity contribution in [3.05, 3.63) is 47.2 Å². The number of aromatic nitrogens is 3. The Labute approximate surface area is 157 Å². The van der Waals surface area contributed by atoms with E-state index in [0.29, 0.717) is 23.2 Å². The van der Waals surface area contributed by atoms with Crippen LogP contribution in [-0.4, -0.2) is 46.0 Å². The summed E-state index contributed by atoms with van der Waals surface area (Å²) in [5.41, 5.74) is 3.59. The Morgan fingerprint density at radius 3 is 2.85 bits per heavy atom. The summed E-state index contributed by atoms with van der Waals surface area (Å²) in [6.45, 7) is 4.89. The Balaban J connectivity index is 1.91. The van der Waals surface area contributed by atoms with E-state index < -0.39 is 6.10 Å². The zero-order chi connectivity index (χ0) is 18.7. The molecule has 1 aromatic carbocycles. The van der Waals surface area contributed by atoms with Crippen LogP contribution in [-0.2, 0) is 0 Å². The fourth-order valence-corrected chi connectivity index (χ4v) is 2.96. The Morgan fingerprint density at radius 2 is 2.12 bits per heavy atom. The van der Waals surface area contributed by atoms with Crippen molar-refractivity contribution in [1.29, 1.82) is 0 Å². The van der Waals surface area contributed by atoms with Crippen LogP contribution in [0.2, 0.25) is 5.02 Å². The Bertz CT molecular complexity index is 894. The Hall–Kier alpha value is -2.15. The summed E-state index contributed by atoms with van der Waals surface area (Å²) in [6.07, 6.45) is 3.16. The molecule has 0 bridgehead atoms. The molecule has 3 rings (SSSR count). The normalized spacial score (nSPS) is 12.7. The lowest BCUT2D eigenvalue weighted by Crippen LogP contribution is -2.29. The summed E-state index contributed by atoms with van der Waals surface area (Å²) in [5, 5.41) is 17.6. The minimum absolute atomic E-state index is 0.188. The van der Waals surface area contributed by atoms with E-state index in [9.17, 15) is 5.11 Å². The smallest absolute Gasteiger partial charge is 0.159 e. The summed E-state index contributed by atoms with van der Waals surface area (Å²) in [4.78, 5) is 4.76. The summed E-state index contributed by atoms with van der Waals surface area (Å²) in [6, 6.07) is 7.36. The number of fused-ring (bicyclic) bond motifs is 1. The molecule has 0 spiro atoms. The number of hydrogen-bond donors (Lipinski definition) is 2. The van der Waals surface area contributed by atoms with Crippen molar-refractivity contribution in [3.8, 4) is 17.0 Å². The molecule has 0 amide bonds. The van der Waals surface area contributed by atoms with E-state index in [1.165, 1.54) is 0 Å². The molecule has 0 aliphatic rings. The monoisotopic (exact) mass is 374 g/mol. The van der Waals surface area contributed by atoms with E-state index in [-0.39, 0.29) is 6.61 Å². The standard InChI is InChI=1S/C19H23ClN4O2/c1-12(2)17-10-22-24-5-4-18(23-19(17)24)13-6-14(20)8-16(7-13)26-11-15(25)9-21-3/h4-8,10,12,15,21,25H,9,11H2,1-3H3/t15-/m0/s1. The molecule has 3 aromatic rings. The highest BCUT2D eigenvalue weighted by molar-refractivity contribution is 6.31. The van der Waals surface area contributed by atoms with Gasteiger partial charge in [0.15, 0.2) is 5.65 Å². The number of rotatable bonds is 7. The number of aliphatic hydroxyl groups excluding tert-OH is 1. The molecule has 0 fully saturated rings. The molecule has 0 aliphatic heterocycles. The van der Waals surface area contributed by atoms with E-state index in [1.807, 2.05) is 30.6 Å². The van der Waals surface area contributed by atoms with Crippen LogP contribution < -0.4 is 10.1 Å². The second-order valence-corrected chi connectivity index (χ2v) is 6.97. The third-order valence-corrected chi connectivity index (χ3v) is 4.29. The molecular formula is C19H23ClN4O2. The molecule has 7 heteroatoms. The van der Waals surface area contributed by atoms with Crippen molar-refractivity contribution < 1.29 is 9.84 Å². The molecule has 2 N–H and O–H groups in total. The lowest BCUT2D eigenvalue weighted by molar-refractivity contribution is 0.108. The molecule has 0 aliphatic carbocycles. The number of halogens is 1. The van der Waals surface area contributed by atoms with Crippen molar-refractivity contribution in [2.45, 2.75) is 25.9 Å². The van der Waals surface area contributed by atoms with Gasteiger partial charge in [0.2, 0.25) is 0 Å². The number of hydrogen-bond acceptors (Lipinski definition) is 5. The summed E-state index contributed by atoms with van der Waals surface area (Å²) in [7, 11) is 1.78. The van der Waals surface area contributed by atoms with Gasteiger partial charge in [-0.1, -0.05) is 25.4 Å². The molecule has 6 nitrogen and oxygen atoms in total. The highest BCUT2D eigenvalue weighted by Crippen LogP contribution is 2.29. The number of likely N-dealkylation sites (N-methyl/N-ethyl adjacent to an activating group) is 1. The lowest BCUT2D eigenvalue weighted by Gasteiger charge is -2.13. The van der Waals surface area contributed by atoms with E-state index in [4.69, 9.17) is 21.3 Å². The number of benzene rings is 1. The number of ether oxygens (including phenoxy) is 1. The molecule has 1 atom stereocenters. The SMILES string of the molecule is CNC[C@H](O)COc1cc(Cl)cc(-c2ccn3ncc(C(C)C)c3n2)c1. The maximum atomic E-state index is 9.80. The third kappa shape index (κ3) is 4.15. The van der Waals surface area contributed by atoms with Crippen LogP contribution in [0.25, 0.3) is 16.9 Å². The summed E-state index contributed by atoms with van der Waals surface area (Å²) in [5.74, 6) is 0.934. The molecule has 2 heterocycles. The molecule has 138 valence electrons. The molecule has 26 heavy (non-hydrogen) atoms. The first-order valence-corrected chi connectivity index (χ1v) is 8.96. The second-order valence-electron chi connectivity index (χ2n) is 6.53. The van der Waals surface area contributed by atoms with Crippen LogP contribution in [0.15, 0.2) is 36.7 Å². The maximum Gasteiger partial charge on any atom is 0.159 e. The van der Waals surface area contributed by atoms with Gasteiger partial charge in [-0.15, -0.1) is 0 Å². The first kappa shape index (κ1) is 18.6. The molecule has 0 radical (unpaired) electrons. The third-order valence-electron chi connectivity index (χ3n) is 4.07. The second kappa shape index (κ2) is 8.03. The largest absolute Gasteiger partial charge is 0.491 e. The average molecular weight is 375 g/mol. The van der Waals surface area contributed by atoms with Crippen LogP contribution in [0.4, 0.5) is 0 Å². The number of aliphatic hydroxyl groups is 1. The molecule has 0 unspecified atom stereocenters.